The molecule has 3 fully saturated rings. The highest BCUT2D eigenvalue weighted by molar-refractivity contribution is 8.04. The maximum absolute atomic E-state index is 11.5. The van der Waals surface area contributed by atoms with Crippen molar-refractivity contribution in [2.24, 2.45) is 10.8 Å². The Hall–Kier alpha value is -3.78. The van der Waals surface area contributed by atoms with E-state index >= 15 is 0 Å². The van der Waals surface area contributed by atoms with E-state index in [-0.39, 0.29) is 43.3 Å². The van der Waals surface area contributed by atoms with E-state index < -0.39 is 0 Å². The molecule has 6 N–H and O–H groups in total. The first-order chi connectivity index (χ1) is 57.3. The number of benzene rings is 6. The topological polar surface area (TPSA) is 121 Å². The SMILES string of the molecule is CC(C)(C)Cc1cc(C(C)(C)C)cc(CS[C@H]2CCCCCC[C@@H]2SCc2cc(C(C)(C)C)cc(CC(C)(C)C)c2O)c1O.CC(C)(C)c1cc(CS[C@H]2CCCCCC[C@@H]2SCc2cc(C(C)(C)C)cc(C(C)(C)C)c2O)c(O)c(C(C)(C)C)c1.CC(C)c1cc(CS[C@H]2CCCCCC[C@@H]2SCc2cc(C(C)C)cc(C(C)C)c2O)c(O)c(C(C)C)c1. The van der Waals surface area contributed by atoms with Crippen LogP contribution in [0.4, 0.5) is 0 Å². The second kappa shape index (κ2) is 46.0. The van der Waals surface area contributed by atoms with Gasteiger partial charge in [-0.1, -0.05) is 371 Å². The molecule has 3 aliphatic carbocycles. The molecule has 0 amide bonds. The molecule has 0 aromatic heterocycles. The summed E-state index contributed by atoms with van der Waals surface area (Å²) in [6.45, 7) is 71.6. The minimum absolute atomic E-state index is 0.0290. The first-order valence-corrected chi connectivity index (χ1v) is 54.5. The molecule has 0 unspecified atom stereocenters. The van der Waals surface area contributed by atoms with E-state index in [2.05, 4.69) is 318 Å². The summed E-state index contributed by atoms with van der Waals surface area (Å²) in [4.78, 5) is 0. The third-order valence-corrected chi connectivity index (χ3v) is 35.0. The minimum atomic E-state index is -0.112. The van der Waals surface area contributed by atoms with Gasteiger partial charge < -0.3 is 30.6 Å². The van der Waals surface area contributed by atoms with Gasteiger partial charge in [-0.15, -0.1) is 0 Å². The average molecular weight is 1810 g/mol. The lowest BCUT2D eigenvalue weighted by molar-refractivity contribution is 0.392. The molecule has 0 saturated heterocycles. The van der Waals surface area contributed by atoms with Gasteiger partial charge in [0.1, 0.15) is 34.5 Å². The molecule has 0 radical (unpaired) electrons. The monoisotopic (exact) mass is 1810 g/mol. The van der Waals surface area contributed by atoms with E-state index in [1.54, 1.807) is 0 Å². The van der Waals surface area contributed by atoms with E-state index in [0.29, 0.717) is 89.7 Å². The van der Waals surface area contributed by atoms with Crippen molar-refractivity contribution in [1.29, 1.82) is 0 Å². The zero-order chi connectivity index (χ0) is 92.7. The normalized spacial score (nSPS) is 19.2. The van der Waals surface area contributed by atoms with Gasteiger partial charge in [-0.3, -0.25) is 0 Å². The van der Waals surface area contributed by atoms with Crippen molar-refractivity contribution in [2.45, 2.75) is 472 Å². The predicted molar refractivity (Wildman–Crippen MR) is 557 cm³/mol. The summed E-state index contributed by atoms with van der Waals surface area (Å²) in [5.41, 5.74) is 21.0. The van der Waals surface area contributed by atoms with Crippen molar-refractivity contribution in [2.75, 3.05) is 0 Å². The van der Waals surface area contributed by atoms with Crippen LogP contribution in [0.15, 0.2) is 72.8 Å². The molecule has 0 bridgehead atoms. The molecule has 0 heterocycles. The highest BCUT2D eigenvalue weighted by atomic mass is 32.2. The second-order valence-electron chi connectivity index (χ2n) is 47.3. The van der Waals surface area contributed by atoms with E-state index in [9.17, 15) is 30.6 Å². The van der Waals surface area contributed by atoms with Gasteiger partial charge in [0.05, 0.1) is 0 Å². The van der Waals surface area contributed by atoms with Crippen LogP contribution in [-0.2, 0) is 79.8 Å². The van der Waals surface area contributed by atoms with Gasteiger partial charge in [0, 0.05) is 99.4 Å². The molecule has 6 aromatic rings. The quantitative estimate of drug-likeness (QED) is 0.0346. The van der Waals surface area contributed by atoms with Gasteiger partial charge in [0.25, 0.3) is 0 Å². The van der Waals surface area contributed by atoms with Gasteiger partial charge in [0.2, 0.25) is 0 Å². The van der Waals surface area contributed by atoms with Crippen LogP contribution in [-0.4, -0.2) is 62.1 Å². The molecule has 6 nitrogen and oxygen atoms in total. The maximum atomic E-state index is 11.5. The Morgan fingerprint density at radius 2 is 0.435 bits per heavy atom. The average Bonchev–Trinajstić information content (AvgIpc) is 0.786. The Kier molecular flexibility index (Phi) is 39.8. The fourth-order valence-corrected chi connectivity index (χ4v) is 26.7. The van der Waals surface area contributed by atoms with E-state index in [1.165, 1.54) is 149 Å². The Bertz CT molecular complexity index is 4080. The van der Waals surface area contributed by atoms with Crippen LogP contribution in [0.2, 0.25) is 0 Å². The van der Waals surface area contributed by atoms with Crippen molar-refractivity contribution in [3.8, 4) is 34.5 Å². The predicted octanol–water partition coefficient (Wildman–Crippen LogP) is 34.5. The number of phenolic OH excluding ortho intramolecular Hbond substituents is 6. The molecule has 0 aliphatic heterocycles. The van der Waals surface area contributed by atoms with Gasteiger partial charge in [-0.2, -0.15) is 70.6 Å². The van der Waals surface area contributed by atoms with Crippen LogP contribution in [0.5, 0.6) is 34.5 Å². The first-order valence-electron chi connectivity index (χ1n) is 48.2. The molecule has 0 spiro atoms. The van der Waals surface area contributed by atoms with Crippen LogP contribution < -0.4 is 0 Å². The Labute approximate surface area is 785 Å². The maximum Gasteiger partial charge on any atom is 0.123 e. The van der Waals surface area contributed by atoms with Crippen molar-refractivity contribution in [3.05, 3.63) is 173 Å². The number of thioether (sulfide) groups is 6. The summed E-state index contributed by atoms with van der Waals surface area (Å²) in [7, 11) is 0. The Morgan fingerprint density at radius 1 is 0.234 bits per heavy atom. The number of aromatic hydroxyl groups is 6. The van der Waals surface area contributed by atoms with Crippen LogP contribution in [0, 0.1) is 10.8 Å². The highest BCUT2D eigenvalue weighted by Gasteiger charge is 2.35. The smallest absolute Gasteiger partial charge is 0.123 e. The van der Waals surface area contributed by atoms with Crippen molar-refractivity contribution in [3.63, 3.8) is 0 Å². The molecular formula is C112H176O6S6. The lowest BCUT2D eigenvalue weighted by Crippen LogP contribution is -2.23. The Balaban J connectivity index is 0.000000256. The summed E-state index contributed by atoms with van der Waals surface area (Å²) < 4.78 is 0. The third kappa shape index (κ3) is 32.6. The van der Waals surface area contributed by atoms with Crippen molar-refractivity contribution >= 4 is 70.6 Å². The van der Waals surface area contributed by atoms with E-state index in [4.69, 9.17) is 0 Å². The number of rotatable bonds is 24. The molecule has 124 heavy (non-hydrogen) atoms. The Morgan fingerprint density at radius 3 is 0.629 bits per heavy atom. The molecular weight excluding hydrogens is 1630 g/mol. The minimum Gasteiger partial charge on any atom is -0.507 e. The van der Waals surface area contributed by atoms with E-state index in [0.717, 1.165) is 114 Å². The van der Waals surface area contributed by atoms with E-state index in [1.807, 2.05) is 47.0 Å². The highest BCUT2D eigenvalue weighted by Crippen LogP contribution is 2.50. The fourth-order valence-electron chi connectivity index (χ4n) is 17.5. The fraction of sp³-hybridized carbons (Fsp3) is 0.679. The van der Waals surface area contributed by atoms with Gasteiger partial charge in [-0.05, 0) is 185 Å². The molecule has 3 aliphatic rings. The largest absolute Gasteiger partial charge is 0.507 e. The lowest BCUT2D eigenvalue weighted by Gasteiger charge is -2.31. The van der Waals surface area contributed by atoms with Crippen molar-refractivity contribution in [1.82, 2.24) is 0 Å². The van der Waals surface area contributed by atoms with Crippen molar-refractivity contribution < 1.29 is 30.6 Å². The van der Waals surface area contributed by atoms with Gasteiger partial charge in [-0.25, -0.2) is 0 Å². The summed E-state index contributed by atoms with van der Waals surface area (Å²) in [5, 5.41) is 71.3. The molecule has 6 aromatic carbocycles. The molecule has 696 valence electrons. The van der Waals surface area contributed by atoms with Crippen LogP contribution in [0.3, 0.4) is 0 Å². The first kappa shape index (κ1) is 107. The van der Waals surface area contributed by atoms with Crippen LogP contribution in [0.1, 0.15) is 461 Å². The molecule has 6 atom stereocenters. The van der Waals surface area contributed by atoms with Crippen LogP contribution >= 0.6 is 70.6 Å². The summed E-state index contributed by atoms with van der Waals surface area (Å²) in [6.07, 6.45) is 24.7. The third-order valence-electron chi connectivity index (χ3n) is 25.6. The lowest BCUT2D eigenvalue weighted by atomic mass is 9.79. The second-order valence-corrected chi connectivity index (χ2v) is 54.6. The van der Waals surface area contributed by atoms with Crippen LogP contribution in [0.25, 0.3) is 0 Å². The number of hydrogen-bond donors (Lipinski definition) is 6. The molecule has 9 rings (SSSR count). The van der Waals surface area contributed by atoms with Gasteiger partial charge in [0.15, 0.2) is 0 Å². The summed E-state index contributed by atoms with van der Waals surface area (Å²) in [6, 6.07) is 26.9. The number of hydrogen-bond acceptors (Lipinski definition) is 12. The zero-order valence-corrected chi connectivity index (χ0v) is 89.1. The zero-order valence-electron chi connectivity index (χ0n) is 84.2. The number of phenols is 6. The summed E-state index contributed by atoms with van der Waals surface area (Å²) >= 11 is 12.3. The standard InChI is InChI=1S/C40H64O2S2.C38H60O2S2.C34H52O2S2/c1-37(2,3)23-27-19-31(39(7,8)9)21-29(35(27)41)25-43-33-17-15-13-14-16-18-34(33)44-26-30-22-32(40(10,11)12)20-28(36(30)42)24-38(4,5)6;1-35(2,3)27-19-25(33(39)29(21-27)37(7,8)9)23-41-31-17-15-13-14-16-18-32(31)42-24-26-20-28(36(4,5)6)22-30(34(26)40)38(10,11)12;1-21(2)25-15-27(33(35)29(17-25)23(5)6)19-37-31-13-11-9-10-12-14-32(31)38-20-28-16-26(22(3)4)18-30(24(7)8)34(28)36/h19-22,33-34,41-42H,13-18,23-26H2,1-12H3;19-22,31-32,39-40H,13-18,23-24H2,1-12H3;15-18,21-24,31-32,35-36H,9-14,19-20H2,1-8H3/t33-,34-;2*31-,32-/m000/s1. The summed E-state index contributed by atoms with van der Waals surface area (Å²) in [5.74, 6) is 9.58. The molecule has 12 heteroatoms. The molecule has 3 saturated carbocycles. The van der Waals surface area contributed by atoms with Gasteiger partial charge >= 0.3 is 0 Å².